The van der Waals surface area contributed by atoms with E-state index < -0.39 is 0 Å². The molecule has 0 aliphatic heterocycles. The van der Waals surface area contributed by atoms with Gasteiger partial charge in [-0.1, -0.05) is 25.3 Å². The third kappa shape index (κ3) is 5.01. The molecule has 134 valence electrons. The Labute approximate surface area is 153 Å². The van der Waals surface area contributed by atoms with Crippen molar-refractivity contribution >= 4 is 40.5 Å². The van der Waals surface area contributed by atoms with E-state index in [0.717, 1.165) is 55.5 Å². The van der Waals surface area contributed by atoms with Crippen LogP contribution < -0.4 is 16.0 Å². The van der Waals surface area contributed by atoms with E-state index in [0.29, 0.717) is 5.11 Å². The van der Waals surface area contributed by atoms with Gasteiger partial charge < -0.3 is 16.0 Å². The Kier molecular flexibility index (Phi) is 5.68. The second-order valence-corrected chi connectivity index (χ2v) is 7.48. The van der Waals surface area contributed by atoms with Gasteiger partial charge in [0.1, 0.15) is 0 Å². The average Bonchev–Trinajstić information content (AvgIpc) is 3.43. The predicted octanol–water partition coefficient (Wildman–Crippen LogP) is 3.74. The fourth-order valence-corrected chi connectivity index (χ4v) is 3.37. The zero-order chi connectivity index (χ0) is 17.8. The average molecular weight is 359 g/mol. The second kappa shape index (κ2) is 7.95. The molecule has 0 spiro atoms. The number of carbonyl (C=O) groups excluding carboxylic acids is 2. The summed E-state index contributed by atoms with van der Waals surface area (Å²) in [4.78, 5) is 24.2. The van der Waals surface area contributed by atoms with E-state index in [2.05, 4.69) is 16.0 Å². The Morgan fingerprint density at radius 3 is 2.32 bits per heavy atom. The van der Waals surface area contributed by atoms with Crippen molar-refractivity contribution in [1.82, 2.24) is 5.32 Å². The number of amides is 2. The van der Waals surface area contributed by atoms with Crippen LogP contribution in [-0.2, 0) is 9.59 Å². The first kappa shape index (κ1) is 17.9. The minimum atomic E-state index is 0.00608. The SMILES string of the molecule is Cc1ccc(NC(=S)NC(=O)C2CCCCC2)cc1NC(=O)C1CC1. The Balaban J connectivity index is 1.56. The number of anilines is 2. The summed E-state index contributed by atoms with van der Waals surface area (Å²) in [6.07, 6.45) is 7.26. The van der Waals surface area contributed by atoms with Gasteiger partial charge in [0.2, 0.25) is 11.8 Å². The summed E-state index contributed by atoms with van der Waals surface area (Å²) in [7, 11) is 0. The molecule has 0 heterocycles. The molecule has 0 atom stereocenters. The summed E-state index contributed by atoms with van der Waals surface area (Å²) in [6.45, 7) is 1.95. The molecule has 2 aliphatic carbocycles. The molecule has 2 amide bonds. The van der Waals surface area contributed by atoms with Gasteiger partial charge in [-0.2, -0.15) is 0 Å². The lowest BCUT2D eigenvalue weighted by atomic mass is 9.89. The lowest BCUT2D eigenvalue weighted by Gasteiger charge is -2.21. The molecule has 2 saturated carbocycles. The fourth-order valence-electron chi connectivity index (χ4n) is 3.16. The van der Waals surface area contributed by atoms with Crippen molar-refractivity contribution in [1.29, 1.82) is 0 Å². The molecule has 5 nitrogen and oxygen atoms in total. The molecule has 2 aliphatic rings. The van der Waals surface area contributed by atoms with Crippen molar-refractivity contribution in [2.24, 2.45) is 11.8 Å². The lowest BCUT2D eigenvalue weighted by molar-refractivity contribution is -0.124. The minimum absolute atomic E-state index is 0.00608. The van der Waals surface area contributed by atoms with Crippen LogP contribution in [0.25, 0.3) is 0 Å². The van der Waals surface area contributed by atoms with Crippen LogP contribution in [0.5, 0.6) is 0 Å². The number of nitrogens with one attached hydrogen (secondary N) is 3. The Morgan fingerprint density at radius 1 is 0.960 bits per heavy atom. The van der Waals surface area contributed by atoms with Crippen LogP contribution >= 0.6 is 12.2 Å². The van der Waals surface area contributed by atoms with E-state index in [9.17, 15) is 9.59 Å². The molecule has 6 heteroatoms. The van der Waals surface area contributed by atoms with Crippen LogP contribution in [0.15, 0.2) is 18.2 Å². The predicted molar refractivity (Wildman–Crippen MR) is 103 cm³/mol. The summed E-state index contributed by atoms with van der Waals surface area (Å²) < 4.78 is 0. The molecule has 0 unspecified atom stereocenters. The quantitative estimate of drug-likeness (QED) is 0.716. The van der Waals surface area contributed by atoms with Gasteiger partial charge in [0.05, 0.1) is 0 Å². The van der Waals surface area contributed by atoms with Crippen LogP contribution in [0.2, 0.25) is 0 Å². The standard InChI is InChI=1S/C19H25N3O2S/c1-12-7-10-15(11-16(12)21-17(23)14-8-9-14)20-19(25)22-18(24)13-5-3-2-4-6-13/h7,10-11,13-14H,2-6,8-9H2,1H3,(H,21,23)(H2,20,22,24,25). The smallest absolute Gasteiger partial charge is 0.229 e. The third-order valence-electron chi connectivity index (χ3n) is 4.91. The van der Waals surface area contributed by atoms with E-state index in [4.69, 9.17) is 12.2 Å². The topological polar surface area (TPSA) is 70.2 Å². The first-order valence-electron chi connectivity index (χ1n) is 9.06. The first-order chi connectivity index (χ1) is 12.0. The van der Waals surface area contributed by atoms with Crippen LogP contribution in [0.3, 0.4) is 0 Å². The molecule has 1 aromatic rings. The van der Waals surface area contributed by atoms with Gasteiger partial charge in [-0.3, -0.25) is 9.59 Å². The molecule has 25 heavy (non-hydrogen) atoms. The van der Waals surface area contributed by atoms with Crippen molar-refractivity contribution in [3.63, 3.8) is 0 Å². The summed E-state index contributed by atoms with van der Waals surface area (Å²) in [6, 6.07) is 5.67. The zero-order valence-corrected chi connectivity index (χ0v) is 15.4. The molecule has 2 fully saturated rings. The number of thiocarbonyl (C=S) groups is 1. The van der Waals surface area contributed by atoms with Crippen LogP contribution in [0, 0.1) is 18.8 Å². The Morgan fingerprint density at radius 2 is 1.64 bits per heavy atom. The second-order valence-electron chi connectivity index (χ2n) is 7.07. The summed E-state index contributed by atoms with van der Waals surface area (Å²) in [5.74, 6) is 0.312. The van der Waals surface area contributed by atoms with Gasteiger partial charge in [0, 0.05) is 23.2 Å². The number of benzene rings is 1. The summed E-state index contributed by atoms with van der Waals surface area (Å²) >= 11 is 5.27. The highest BCUT2D eigenvalue weighted by atomic mass is 32.1. The van der Waals surface area contributed by atoms with Crippen molar-refractivity contribution in [2.45, 2.75) is 51.9 Å². The number of hydrogen-bond acceptors (Lipinski definition) is 3. The molecule has 0 aromatic heterocycles. The first-order valence-corrected chi connectivity index (χ1v) is 9.47. The molecular weight excluding hydrogens is 334 g/mol. The van der Waals surface area contributed by atoms with Crippen molar-refractivity contribution in [3.8, 4) is 0 Å². The molecule has 1 aromatic carbocycles. The van der Waals surface area contributed by atoms with E-state index in [1.165, 1.54) is 6.42 Å². The van der Waals surface area contributed by atoms with Gasteiger partial charge in [-0.15, -0.1) is 0 Å². The number of carbonyl (C=O) groups is 2. The molecule has 3 rings (SSSR count). The van der Waals surface area contributed by atoms with Crippen molar-refractivity contribution in [2.75, 3.05) is 10.6 Å². The summed E-state index contributed by atoms with van der Waals surface area (Å²) in [5, 5.41) is 9.11. The van der Waals surface area contributed by atoms with E-state index in [-0.39, 0.29) is 23.7 Å². The molecule has 0 saturated heterocycles. The highest BCUT2D eigenvalue weighted by molar-refractivity contribution is 7.80. The highest BCUT2D eigenvalue weighted by Gasteiger charge is 2.29. The normalized spacial score (nSPS) is 17.6. The van der Waals surface area contributed by atoms with Gasteiger partial charge in [-0.25, -0.2) is 0 Å². The van der Waals surface area contributed by atoms with Gasteiger partial charge >= 0.3 is 0 Å². The van der Waals surface area contributed by atoms with Crippen LogP contribution in [0.4, 0.5) is 11.4 Å². The van der Waals surface area contributed by atoms with Crippen molar-refractivity contribution in [3.05, 3.63) is 23.8 Å². The minimum Gasteiger partial charge on any atom is -0.332 e. The third-order valence-corrected chi connectivity index (χ3v) is 5.12. The van der Waals surface area contributed by atoms with Crippen LogP contribution in [-0.4, -0.2) is 16.9 Å². The monoisotopic (exact) mass is 359 g/mol. The number of rotatable bonds is 4. The van der Waals surface area contributed by atoms with E-state index in [1.54, 1.807) is 0 Å². The fraction of sp³-hybridized carbons (Fsp3) is 0.526. The van der Waals surface area contributed by atoms with Crippen molar-refractivity contribution < 1.29 is 9.59 Å². The largest absolute Gasteiger partial charge is 0.332 e. The van der Waals surface area contributed by atoms with E-state index >= 15 is 0 Å². The van der Waals surface area contributed by atoms with Gasteiger partial charge in [0.15, 0.2) is 5.11 Å². The van der Waals surface area contributed by atoms with Crippen LogP contribution in [0.1, 0.15) is 50.5 Å². The van der Waals surface area contributed by atoms with E-state index in [1.807, 2.05) is 25.1 Å². The highest BCUT2D eigenvalue weighted by Crippen LogP contribution is 2.31. The molecule has 0 radical (unpaired) electrons. The lowest BCUT2D eigenvalue weighted by Crippen LogP contribution is -2.39. The maximum absolute atomic E-state index is 12.3. The maximum Gasteiger partial charge on any atom is 0.229 e. The van der Waals surface area contributed by atoms with Gasteiger partial charge in [-0.05, 0) is 62.5 Å². The molecular formula is C19H25N3O2S. The zero-order valence-electron chi connectivity index (χ0n) is 14.6. The Hall–Kier alpha value is -1.95. The number of aryl methyl sites for hydroxylation is 1. The molecule has 3 N–H and O–H groups in total. The Bertz CT molecular complexity index is 679. The number of hydrogen-bond donors (Lipinski definition) is 3. The summed E-state index contributed by atoms with van der Waals surface area (Å²) in [5.41, 5.74) is 2.53. The molecule has 0 bridgehead atoms. The van der Waals surface area contributed by atoms with Gasteiger partial charge in [0.25, 0.3) is 0 Å². The maximum atomic E-state index is 12.3.